The molecule has 0 aliphatic carbocycles. The molecular formula is C14H21N5O. The molecule has 0 unspecified atom stereocenters. The molecule has 0 aliphatic rings. The molecule has 1 aromatic carbocycles. The highest BCUT2D eigenvalue weighted by molar-refractivity contribution is 5.67. The van der Waals surface area contributed by atoms with Crippen LogP contribution in [0.4, 0.5) is 5.69 Å². The topological polar surface area (TPSA) is 78.9 Å². The SMILES string of the molecule is Cc1c(N)cccc1-c1nnnn1CCOCC(C)C. The van der Waals surface area contributed by atoms with E-state index >= 15 is 0 Å². The normalized spacial score (nSPS) is 11.2. The quantitative estimate of drug-likeness (QED) is 0.643. The van der Waals surface area contributed by atoms with Crippen molar-refractivity contribution in [2.24, 2.45) is 5.92 Å². The summed E-state index contributed by atoms with van der Waals surface area (Å²) in [4.78, 5) is 0. The Morgan fingerprint density at radius 1 is 1.35 bits per heavy atom. The third kappa shape index (κ3) is 3.33. The summed E-state index contributed by atoms with van der Waals surface area (Å²) in [6.07, 6.45) is 0. The van der Waals surface area contributed by atoms with Gasteiger partial charge in [-0.05, 0) is 34.9 Å². The van der Waals surface area contributed by atoms with Gasteiger partial charge in [-0.1, -0.05) is 26.0 Å². The van der Waals surface area contributed by atoms with Crippen LogP contribution < -0.4 is 5.73 Å². The molecule has 0 saturated heterocycles. The number of aromatic nitrogens is 4. The predicted octanol–water partition coefficient (Wildman–Crippen LogP) is 1.90. The molecule has 0 fully saturated rings. The lowest BCUT2D eigenvalue weighted by Crippen LogP contribution is -2.12. The monoisotopic (exact) mass is 275 g/mol. The van der Waals surface area contributed by atoms with E-state index in [1.54, 1.807) is 4.68 Å². The zero-order chi connectivity index (χ0) is 14.5. The number of nitrogens with zero attached hydrogens (tertiary/aromatic N) is 4. The van der Waals surface area contributed by atoms with Gasteiger partial charge < -0.3 is 10.5 Å². The first-order valence-corrected chi connectivity index (χ1v) is 6.79. The highest BCUT2D eigenvalue weighted by atomic mass is 16.5. The van der Waals surface area contributed by atoms with Gasteiger partial charge in [0, 0.05) is 17.9 Å². The van der Waals surface area contributed by atoms with Crippen LogP contribution in [0.2, 0.25) is 0 Å². The zero-order valence-corrected chi connectivity index (χ0v) is 12.2. The fourth-order valence-electron chi connectivity index (χ4n) is 1.91. The molecule has 2 N–H and O–H groups in total. The minimum Gasteiger partial charge on any atom is -0.398 e. The van der Waals surface area contributed by atoms with Crippen molar-refractivity contribution in [2.45, 2.75) is 27.3 Å². The molecule has 0 amide bonds. The van der Waals surface area contributed by atoms with Gasteiger partial charge in [-0.2, -0.15) is 0 Å². The van der Waals surface area contributed by atoms with Crippen LogP contribution in [0.3, 0.4) is 0 Å². The maximum absolute atomic E-state index is 5.93. The highest BCUT2D eigenvalue weighted by Gasteiger charge is 2.12. The van der Waals surface area contributed by atoms with E-state index in [2.05, 4.69) is 29.4 Å². The average molecular weight is 275 g/mol. The standard InChI is InChI=1S/C14H21N5O/c1-10(2)9-20-8-7-19-14(16-17-18-19)12-5-4-6-13(15)11(12)3/h4-6,10H,7-9,15H2,1-3H3. The fraction of sp³-hybridized carbons (Fsp3) is 0.500. The number of tetrazole rings is 1. The highest BCUT2D eigenvalue weighted by Crippen LogP contribution is 2.24. The first-order valence-electron chi connectivity index (χ1n) is 6.79. The van der Waals surface area contributed by atoms with Crippen molar-refractivity contribution in [1.82, 2.24) is 20.2 Å². The number of nitrogens with two attached hydrogens (primary N) is 1. The molecule has 0 atom stereocenters. The second kappa shape index (κ2) is 6.47. The molecule has 1 aromatic heterocycles. The van der Waals surface area contributed by atoms with Gasteiger partial charge in [-0.15, -0.1) is 5.10 Å². The number of nitrogen functional groups attached to an aromatic ring is 1. The summed E-state index contributed by atoms with van der Waals surface area (Å²) in [5.74, 6) is 1.25. The lowest BCUT2D eigenvalue weighted by atomic mass is 10.1. The first-order chi connectivity index (χ1) is 9.59. The summed E-state index contributed by atoms with van der Waals surface area (Å²) >= 11 is 0. The van der Waals surface area contributed by atoms with E-state index in [1.165, 1.54) is 0 Å². The summed E-state index contributed by atoms with van der Waals surface area (Å²) < 4.78 is 7.32. The van der Waals surface area contributed by atoms with Gasteiger partial charge in [0.05, 0.1) is 13.2 Å². The largest absolute Gasteiger partial charge is 0.398 e. The van der Waals surface area contributed by atoms with Gasteiger partial charge in [-0.25, -0.2) is 4.68 Å². The number of ether oxygens (including phenoxy) is 1. The number of hydrogen-bond donors (Lipinski definition) is 1. The van der Waals surface area contributed by atoms with E-state index in [1.807, 2.05) is 25.1 Å². The number of hydrogen-bond acceptors (Lipinski definition) is 5. The van der Waals surface area contributed by atoms with Crippen LogP contribution in [0.25, 0.3) is 11.4 Å². The van der Waals surface area contributed by atoms with Gasteiger partial charge >= 0.3 is 0 Å². The summed E-state index contributed by atoms with van der Waals surface area (Å²) in [6, 6.07) is 5.76. The second-order valence-corrected chi connectivity index (χ2v) is 5.21. The lowest BCUT2D eigenvalue weighted by Gasteiger charge is -2.10. The lowest BCUT2D eigenvalue weighted by molar-refractivity contribution is 0.101. The Hall–Kier alpha value is -1.95. The van der Waals surface area contributed by atoms with E-state index in [0.717, 1.165) is 29.2 Å². The van der Waals surface area contributed by atoms with E-state index in [-0.39, 0.29) is 0 Å². The van der Waals surface area contributed by atoms with Crippen LogP contribution in [0.5, 0.6) is 0 Å². The van der Waals surface area contributed by atoms with Crippen molar-refractivity contribution >= 4 is 5.69 Å². The molecular weight excluding hydrogens is 254 g/mol. The molecule has 108 valence electrons. The number of anilines is 1. The van der Waals surface area contributed by atoms with Crippen molar-refractivity contribution in [3.05, 3.63) is 23.8 Å². The van der Waals surface area contributed by atoms with Crippen LogP contribution in [-0.4, -0.2) is 33.4 Å². The maximum atomic E-state index is 5.93. The average Bonchev–Trinajstić information content (AvgIpc) is 2.86. The van der Waals surface area contributed by atoms with Gasteiger partial charge in [0.2, 0.25) is 0 Å². The molecule has 6 heteroatoms. The van der Waals surface area contributed by atoms with Crippen molar-refractivity contribution in [3.63, 3.8) is 0 Å². The Bertz CT molecular complexity index is 564. The Morgan fingerprint density at radius 3 is 2.90 bits per heavy atom. The third-order valence-electron chi connectivity index (χ3n) is 3.05. The summed E-state index contributed by atoms with van der Waals surface area (Å²) in [5, 5.41) is 11.9. The molecule has 1 heterocycles. The van der Waals surface area contributed by atoms with Crippen LogP contribution in [0.1, 0.15) is 19.4 Å². The first kappa shape index (κ1) is 14.5. The van der Waals surface area contributed by atoms with Crippen molar-refractivity contribution in [1.29, 1.82) is 0 Å². The second-order valence-electron chi connectivity index (χ2n) is 5.21. The smallest absolute Gasteiger partial charge is 0.182 e. The molecule has 2 rings (SSSR count). The molecule has 6 nitrogen and oxygen atoms in total. The summed E-state index contributed by atoms with van der Waals surface area (Å²) in [5.41, 5.74) is 8.62. The van der Waals surface area contributed by atoms with Crippen molar-refractivity contribution < 1.29 is 4.74 Å². The zero-order valence-electron chi connectivity index (χ0n) is 12.2. The molecule has 0 radical (unpaired) electrons. The minimum atomic E-state index is 0.527. The minimum absolute atomic E-state index is 0.527. The van der Waals surface area contributed by atoms with E-state index < -0.39 is 0 Å². The van der Waals surface area contributed by atoms with Gasteiger partial charge in [0.1, 0.15) is 0 Å². The summed E-state index contributed by atoms with van der Waals surface area (Å²) in [7, 11) is 0. The molecule has 0 spiro atoms. The predicted molar refractivity (Wildman–Crippen MR) is 78.1 cm³/mol. The molecule has 20 heavy (non-hydrogen) atoms. The maximum Gasteiger partial charge on any atom is 0.182 e. The van der Waals surface area contributed by atoms with Crippen LogP contribution in [-0.2, 0) is 11.3 Å². The van der Waals surface area contributed by atoms with E-state index in [4.69, 9.17) is 10.5 Å². The van der Waals surface area contributed by atoms with Crippen molar-refractivity contribution in [3.8, 4) is 11.4 Å². The molecule has 0 bridgehead atoms. The van der Waals surface area contributed by atoms with Crippen LogP contribution in [0, 0.1) is 12.8 Å². The Labute approximate surface area is 118 Å². The number of rotatable bonds is 6. The molecule has 2 aromatic rings. The third-order valence-corrected chi connectivity index (χ3v) is 3.05. The van der Waals surface area contributed by atoms with E-state index in [9.17, 15) is 0 Å². The van der Waals surface area contributed by atoms with Crippen LogP contribution >= 0.6 is 0 Å². The van der Waals surface area contributed by atoms with Crippen LogP contribution in [0.15, 0.2) is 18.2 Å². The molecule has 0 saturated carbocycles. The Morgan fingerprint density at radius 2 is 2.15 bits per heavy atom. The Balaban J connectivity index is 2.10. The Kier molecular flexibility index (Phi) is 4.68. The van der Waals surface area contributed by atoms with Gasteiger partial charge in [0.15, 0.2) is 5.82 Å². The van der Waals surface area contributed by atoms with Gasteiger partial charge in [0.25, 0.3) is 0 Å². The number of benzene rings is 1. The van der Waals surface area contributed by atoms with Gasteiger partial charge in [-0.3, -0.25) is 0 Å². The fourth-order valence-corrected chi connectivity index (χ4v) is 1.91. The van der Waals surface area contributed by atoms with Crippen molar-refractivity contribution in [2.75, 3.05) is 18.9 Å². The molecule has 0 aliphatic heterocycles. The van der Waals surface area contributed by atoms with E-state index in [0.29, 0.717) is 19.1 Å². The summed E-state index contributed by atoms with van der Waals surface area (Å²) in [6.45, 7) is 8.19.